The Bertz CT molecular complexity index is 462. The molecular weight excluding hydrogens is 272 g/mol. The van der Waals surface area contributed by atoms with E-state index in [-0.39, 0.29) is 24.6 Å². The van der Waals surface area contributed by atoms with Crippen molar-refractivity contribution in [2.24, 2.45) is 5.92 Å². The Morgan fingerprint density at radius 1 is 1.30 bits per heavy atom. The van der Waals surface area contributed by atoms with E-state index < -0.39 is 18.5 Å². The van der Waals surface area contributed by atoms with Crippen molar-refractivity contribution in [1.29, 1.82) is 0 Å². The third-order valence-corrected chi connectivity index (χ3v) is 2.54. The van der Waals surface area contributed by atoms with Crippen LogP contribution in [0.3, 0.4) is 0 Å². The van der Waals surface area contributed by atoms with E-state index in [1.807, 2.05) is 0 Å². The Labute approximate surface area is 114 Å². The summed E-state index contributed by atoms with van der Waals surface area (Å²) in [5.41, 5.74) is 0.618. The van der Waals surface area contributed by atoms with Crippen molar-refractivity contribution in [2.75, 3.05) is 6.54 Å². The first-order chi connectivity index (χ1) is 9.38. The lowest BCUT2D eigenvalue weighted by Gasteiger charge is -2.09. The summed E-state index contributed by atoms with van der Waals surface area (Å²) in [6.45, 7) is -1.36. The molecule has 0 fully saturated rings. The smallest absolute Gasteiger partial charge is 0.387 e. The largest absolute Gasteiger partial charge is 0.481 e. The predicted octanol–water partition coefficient (Wildman–Crippen LogP) is 1.67. The van der Waals surface area contributed by atoms with Crippen molar-refractivity contribution in [1.82, 2.24) is 5.32 Å². The first kappa shape index (κ1) is 15.9. The number of carbonyl (C=O) groups excluding carboxylic acids is 1. The maximum atomic E-state index is 11.9. The van der Waals surface area contributed by atoms with Gasteiger partial charge in [-0.3, -0.25) is 9.59 Å². The number of alkyl halides is 2. The number of carboxylic acid groups (broad SMARTS) is 1. The minimum atomic E-state index is -2.89. The Morgan fingerprint density at radius 2 is 1.90 bits per heavy atom. The molecule has 0 heterocycles. The van der Waals surface area contributed by atoms with Crippen LogP contribution >= 0.6 is 0 Å². The lowest BCUT2D eigenvalue weighted by atomic mass is 10.1. The topological polar surface area (TPSA) is 75.6 Å². The number of benzene rings is 1. The maximum absolute atomic E-state index is 11.9. The molecule has 1 rings (SSSR count). The molecule has 1 aromatic rings. The monoisotopic (exact) mass is 287 g/mol. The summed E-state index contributed by atoms with van der Waals surface area (Å²) in [4.78, 5) is 22.1. The molecule has 0 aromatic heterocycles. The summed E-state index contributed by atoms with van der Waals surface area (Å²) < 4.78 is 28.1. The number of nitrogens with one attached hydrogen (secondary N) is 1. The van der Waals surface area contributed by atoms with Crippen molar-refractivity contribution in [3.63, 3.8) is 0 Å². The predicted molar refractivity (Wildman–Crippen MR) is 66.6 cm³/mol. The summed E-state index contributed by atoms with van der Waals surface area (Å²) in [6.07, 6.45) is 0.0430. The molecule has 1 amide bonds. The Balaban J connectivity index is 2.44. The average molecular weight is 287 g/mol. The fourth-order valence-electron chi connectivity index (χ4n) is 1.39. The Kier molecular flexibility index (Phi) is 5.89. The summed E-state index contributed by atoms with van der Waals surface area (Å²) >= 11 is 0. The van der Waals surface area contributed by atoms with Crippen LogP contribution in [0.4, 0.5) is 8.78 Å². The van der Waals surface area contributed by atoms with Gasteiger partial charge >= 0.3 is 12.6 Å². The van der Waals surface area contributed by atoms with Gasteiger partial charge in [-0.05, 0) is 17.7 Å². The van der Waals surface area contributed by atoms with Crippen molar-refractivity contribution >= 4 is 11.9 Å². The highest BCUT2D eigenvalue weighted by Crippen LogP contribution is 2.15. The number of ether oxygens (including phenoxy) is 1. The Hall–Kier alpha value is -2.18. The zero-order chi connectivity index (χ0) is 15.1. The van der Waals surface area contributed by atoms with Crippen LogP contribution in [0.2, 0.25) is 0 Å². The molecule has 0 aliphatic heterocycles. The van der Waals surface area contributed by atoms with Crippen LogP contribution in [0.25, 0.3) is 0 Å². The summed E-state index contributed by atoms with van der Waals surface area (Å²) in [5, 5.41) is 11.1. The second-order valence-corrected chi connectivity index (χ2v) is 4.24. The molecule has 0 unspecified atom stereocenters. The van der Waals surface area contributed by atoms with Crippen LogP contribution in [-0.2, 0) is 16.0 Å². The summed E-state index contributed by atoms with van der Waals surface area (Å²) in [6, 6.07) is 5.68. The van der Waals surface area contributed by atoms with Crippen LogP contribution in [-0.4, -0.2) is 30.1 Å². The quantitative estimate of drug-likeness (QED) is 0.800. The lowest BCUT2D eigenvalue weighted by molar-refractivity contribution is -0.141. The molecule has 20 heavy (non-hydrogen) atoms. The Morgan fingerprint density at radius 3 is 2.40 bits per heavy atom. The van der Waals surface area contributed by atoms with Gasteiger partial charge < -0.3 is 15.2 Å². The van der Waals surface area contributed by atoms with Gasteiger partial charge in [-0.2, -0.15) is 8.78 Å². The number of aliphatic carboxylic acids is 1. The van der Waals surface area contributed by atoms with Gasteiger partial charge in [-0.1, -0.05) is 19.1 Å². The number of carbonyl (C=O) groups is 2. The number of hydrogen-bond acceptors (Lipinski definition) is 3. The number of amides is 1. The van der Waals surface area contributed by atoms with Crippen molar-refractivity contribution in [2.45, 2.75) is 20.0 Å². The van der Waals surface area contributed by atoms with Crippen LogP contribution < -0.4 is 10.1 Å². The zero-order valence-electron chi connectivity index (χ0n) is 10.8. The van der Waals surface area contributed by atoms with Crippen molar-refractivity contribution < 1.29 is 28.2 Å². The van der Waals surface area contributed by atoms with Gasteiger partial charge in [0.15, 0.2) is 0 Å². The molecule has 0 radical (unpaired) electrons. The van der Waals surface area contributed by atoms with Gasteiger partial charge in [-0.15, -0.1) is 0 Å². The zero-order valence-corrected chi connectivity index (χ0v) is 10.8. The molecule has 0 bridgehead atoms. The molecule has 7 heteroatoms. The summed E-state index contributed by atoms with van der Waals surface area (Å²) in [7, 11) is 0. The van der Waals surface area contributed by atoms with Gasteiger partial charge in [0.2, 0.25) is 5.91 Å². The van der Waals surface area contributed by atoms with E-state index in [0.29, 0.717) is 5.56 Å². The molecule has 1 atom stereocenters. The molecule has 0 saturated heterocycles. The second-order valence-electron chi connectivity index (χ2n) is 4.24. The van der Waals surface area contributed by atoms with Gasteiger partial charge in [0.25, 0.3) is 0 Å². The number of rotatable bonds is 7. The third kappa shape index (κ3) is 5.64. The lowest BCUT2D eigenvalue weighted by Crippen LogP contribution is -2.32. The van der Waals surface area contributed by atoms with E-state index in [9.17, 15) is 18.4 Å². The highest BCUT2D eigenvalue weighted by Gasteiger charge is 2.12. The van der Waals surface area contributed by atoms with Gasteiger partial charge in [0.1, 0.15) is 5.75 Å². The minimum Gasteiger partial charge on any atom is -0.481 e. The highest BCUT2D eigenvalue weighted by molar-refractivity contribution is 5.79. The molecular formula is C13H15F2NO4. The third-order valence-electron chi connectivity index (χ3n) is 2.54. The highest BCUT2D eigenvalue weighted by atomic mass is 19.3. The second kappa shape index (κ2) is 7.42. The van der Waals surface area contributed by atoms with E-state index in [1.54, 1.807) is 0 Å². The fourth-order valence-corrected chi connectivity index (χ4v) is 1.39. The SMILES string of the molecule is C[C@@H](CNC(=O)Cc1ccc(OC(F)F)cc1)C(=O)O. The van der Waals surface area contributed by atoms with Crippen molar-refractivity contribution in [3.05, 3.63) is 29.8 Å². The van der Waals surface area contributed by atoms with Crippen LogP contribution in [0.15, 0.2) is 24.3 Å². The summed E-state index contributed by atoms with van der Waals surface area (Å²) in [5.74, 6) is -1.97. The normalized spacial score (nSPS) is 12.0. The first-order valence-corrected chi connectivity index (χ1v) is 5.91. The van der Waals surface area contributed by atoms with Gasteiger partial charge in [0, 0.05) is 6.54 Å². The van der Waals surface area contributed by atoms with E-state index in [4.69, 9.17) is 5.11 Å². The van der Waals surface area contributed by atoms with Gasteiger partial charge in [0.05, 0.1) is 12.3 Å². The minimum absolute atomic E-state index is 0.0173. The van der Waals surface area contributed by atoms with E-state index in [2.05, 4.69) is 10.1 Å². The maximum Gasteiger partial charge on any atom is 0.387 e. The standard InChI is InChI=1S/C13H15F2NO4/c1-8(12(18)19)7-16-11(17)6-9-2-4-10(5-3-9)20-13(14)15/h2-5,8,13H,6-7H2,1H3,(H,16,17)(H,18,19)/t8-/m0/s1. The van der Waals surface area contributed by atoms with E-state index in [1.165, 1.54) is 31.2 Å². The molecule has 110 valence electrons. The molecule has 0 aliphatic carbocycles. The van der Waals surface area contributed by atoms with Crippen LogP contribution in [0, 0.1) is 5.92 Å². The molecule has 0 spiro atoms. The molecule has 1 aromatic carbocycles. The van der Waals surface area contributed by atoms with E-state index in [0.717, 1.165) is 0 Å². The fraction of sp³-hybridized carbons (Fsp3) is 0.385. The van der Waals surface area contributed by atoms with Crippen molar-refractivity contribution in [3.8, 4) is 5.75 Å². The van der Waals surface area contributed by atoms with Gasteiger partial charge in [-0.25, -0.2) is 0 Å². The molecule has 0 saturated carbocycles. The number of carboxylic acids is 1. The first-order valence-electron chi connectivity index (χ1n) is 5.91. The average Bonchev–Trinajstić information content (AvgIpc) is 2.37. The number of halogens is 2. The van der Waals surface area contributed by atoms with Crippen LogP contribution in [0.1, 0.15) is 12.5 Å². The molecule has 5 nitrogen and oxygen atoms in total. The molecule has 0 aliphatic rings. The van der Waals surface area contributed by atoms with E-state index >= 15 is 0 Å². The number of hydrogen-bond donors (Lipinski definition) is 2. The molecule has 2 N–H and O–H groups in total. The van der Waals surface area contributed by atoms with Crippen LogP contribution in [0.5, 0.6) is 5.75 Å².